The molecule has 2 aromatic heterocycles. The number of rotatable bonds is 4. The van der Waals surface area contributed by atoms with Gasteiger partial charge in [-0.15, -0.1) is 16.4 Å². The van der Waals surface area contributed by atoms with Crippen LogP contribution in [0.25, 0.3) is 11.6 Å². The molecule has 0 aromatic carbocycles. The van der Waals surface area contributed by atoms with Gasteiger partial charge in [0.05, 0.1) is 5.01 Å². The number of aromatic amines is 1. The molecule has 0 unspecified atom stereocenters. The van der Waals surface area contributed by atoms with Gasteiger partial charge >= 0.3 is 0 Å². The zero-order valence-corrected chi connectivity index (χ0v) is 11.5. The average Bonchev–Trinajstić information content (AvgIpc) is 3.07. The van der Waals surface area contributed by atoms with Crippen molar-refractivity contribution >= 4 is 23.6 Å². The van der Waals surface area contributed by atoms with E-state index in [0.29, 0.717) is 5.89 Å². The summed E-state index contributed by atoms with van der Waals surface area (Å²) in [5.74, 6) is 0.476. The van der Waals surface area contributed by atoms with E-state index >= 15 is 0 Å². The largest absolute Gasteiger partial charge is 0.408 e. The lowest BCUT2D eigenvalue weighted by molar-refractivity contribution is 0.343. The van der Waals surface area contributed by atoms with Gasteiger partial charge in [-0.05, 0) is 38.1 Å². The Kier molecular flexibility index (Phi) is 3.53. The Labute approximate surface area is 114 Å². The molecular weight excluding hydrogens is 268 g/mol. The van der Waals surface area contributed by atoms with Gasteiger partial charge in [0.15, 0.2) is 0 Å². The van der Waals surface area contributed by atoms with E-state index in [0.717, 1.165) is 23.7 Å². The monoisotopic (exact) mass is 282 g/mol. The Bertz CT molecular complexity index is 567. The van der Waals surface area contributed by atoms with Crippen LogP contribution in [0.3, 0.4) is 0 Å². The highest BCUT2D eigenvalue weighted by atomic mass is 32.1. The maximum absolute atomic E-state index is 5.24. The fraction of sp³-hybridized carbons (Fsp3) is 0.545. The molecule has 1 aliphatic heterocycles. The van der Waals surface area contributed by atoms with E-state index < -0.39 is 0 Å². The maximum Gasteiger partial charge on any atom is 0.284 e. The third-order valence-electron chi connectivity index (χ3n) is 3.05. The van der Waals surface area contributed by atoms with Gasteiger partial charge in [0.25, 0.3) is 10.7 Å². The van der Waals surface area contributed by atoms with Crippen LogP contribution in [0.2, 0.25) is 0 Å². The van der Waals surface area contributed by atoms with E-state index in [1.165, 1.54) is 25.9 Å². The van der Waals surface area contributed by atoms with Crippen LogP contribution in [0.4, 0.5) is 0 Å². The molecule has 0 amide bonds. The van der Waals surface area contributed by atoms with Crippen LogP contribution >= 0.6 is 23.6 Å². The topological polar surface area (TPSA) is 58.0 Å². The second-order valence-corrected chi connectivity index (χ2v) is 5.66. The van der Waals surface area contributed by atoms with Gasteiger partial charge in [-0.2, -0.15) is 0 Å². The lowest BCUT2D eigenvalue weighted by atomic mass is 10.4. The second-order valence-electron chi connectivity index (χ2n) is 4.34. The van der Waals surface area contributed by atoms with Gasteiger partial charge in [0.2, 0.25) is 0 Å². The normalized spacial score (nSPS) is 16.4. The molecule has 0 aliphatic carbocycles. The van der Waals surface area contributed by atoms with E-state index in [2.05, 4.69) is 20.1 Å². The van der Waals surface area contributed by atoms with Crippen LogP contribution in [0, 0.1) is 4.84 Å². The molecule has 3 heterocycles. The van der Waals surface area contributed by atoms with Crippen LogP contribution in [0.15, 0.2) is 9.80 Å². The molecule has 1 N–H and O–H groups in total. The third kappa shape index (κ3) is 2.68. The molecule has 1 aliphatic rings. The summed E-state index contributed by atoms with van der Waals surface area (Å²) in [6.45, 7) is 3.55. The van der Waals surface area contributed by atoms with E-state index in [1.54, 1.807) is 11.3 Å². The van der Waals surface area contributed by atoms with Gasteiger partial charge in [0, 0.05) is 18.3 Å². The number of hydrogen-bond acceptors (Lipinski definition) is 6. The van der Waals surface area contributed by atoms with Gasteiger partial charge in [-0.25, -0.2) is 10.1 Å². The number of thiazole rings is 1. The van der Waals surface area contributed by atoms with Crippen molar-refractivity contribution in [1.29, 1.82) is 0 Å². The number of hydrogen-bond donors (Lipinski definition) is 1. The Balaban J connectivity index is 1.64. The SMILES string of the molecule is S=c1[nH]nc(-c2csc(CCN3CCCC3)n2)o1. The highest BCUT2D eigenvalue weighted by Gasteiger charge is 2.13. The molecule has 7 heteroatoms. The van der Waals surface area contributed by atoms with E-state index in [4.69, 9.17) is 16.6 Å². The van der Waals surface area contributed by atoms with Gasteiger partial charge in [-0.3, -0.25) is 0 Å². The van der Waals surface area contributed by atoms with Crippen LogP contribution < -0.4 is 0 Å². The summed E-state index contributed by atoms with van der Waals surface area (Å²) in [5, 5.41) is 9.67. The molecule has 96 valence electrons. The molecular formula is C11H14N4OS2. The van der Waals surface area contributed by atoms with E-state index in [-0.39, 0.29) is 4.84 Å². The summed E-state index contributed by atoms with van der Waals surface area (Å²) >= 11 is 6.50. The summed E-state index contributed by atoms with van der Waals surface area (Å²) < 4.78 is 5.24. The second kappa shape index (κ2) is 5.29. The molecule has 1 saturated heterocycles. The number of nitrogens with one attached hydrogen (secondary N) is 1. The fourth-order valence-electron chi connectivity index (χ4n) is 2.12. The smallest absolute Gasteiger partial charge is 0.284 e. The summed E-state index contributed by atoms with van der Waals surface area (Å²) in [6, 6.07) is 0. The Morgan fingerprint density at radius 3 is 3.00 bits per heavy atom. The van der Waals surface area contributed by atoms with Crippen molar-refractivity contribution in [3.8, 4) is 11.6 Å². The highest BCUT2D eigenvalue weighted by Crippen LogP contribution is 2.20. The van der Waals surface area contributed by atoms with Crippen molar-refractivity contribution in [1.82, 2.24) is 20.1 Å². The molecule has 3 rings (SSSR count). The minimum Gasteiger partial charge on any atom is -0.408 e. The summed E-state index contributed by atoms with van der Waals surface area (Å²) in [7, 11) is 0. The zero-order chi connectivity index (χ0) is 12.4. The minimum atomic E-state index is 0.289. The standard InChI is InChI=1S/C11H14N4OS2/c17-11-14-13-10(16-11)8-7-18-9(12-8)3-6-15-4-1-2-5-15/h7H,1-6H2,(H,14,17). The molecule has 2 aromatic rings. The van der Waals surface area contributed by atoms with Gasteiger partial charge < -0.3 is 9.32 Å². The first kappa shape index (κ1) is 12.0. The maximum atomic E-state index is 5.24. The fourth-order valence-corrected chi connectivity index (χ4v) is 3.01. The molecule has 0 spiro atoms. The quantitative estimate of drug-likeness (QED) is 0.873. The summed E-state index contributed by atoms with van der Waals surface area (Å²) in [5.41, 5.74) is 0.767. The molecule has 0 saturated carbocycles. The molecule has 0 bridgehead atoms. The Hall–Kier alpha value is -1.05. The van der Waals surface area contributed by atoms with Gasteiger partial charge in [0.1, 0.15) is 5.69 Å². The van der Waals surface area contributed by atoms with Crippen LogP contribution in [0.1, 0.15) is 17.8 Å². The average molecular weight is 282 g/mol. The van der Waals surface area contributed by atoms with Crippen molar-refractivity contribution in [2.45, 2.75) is 19.3 Å². The lowest BCUT2D eigenvalue weighted by Crippen LogP contribution is -2.21. The summed E-state index contributed by atoms with van der Waals surface area (Å²) in [4.78, 5) is 7.30. The first-order valence-corrected chi connectivity index (χ1v) is 7.33. The van der Waals surface area contributed by atoms with Crippen LogP contribution in [-0.2, 0) is 6.42 Å². The predicted molar refractivity (Wildman–Crippen MR) is 72.2 cm³/mol. The number of nitrogens with zero attached hydrogens (tertiary/aromatic N) is 3. The summed E-state index contributed by atoms with van der Waals surface area (Å²) in [6.07, 6.45) is 3.66. The number of H-pyrrole nitrogens is 1. The third-order valence-corrected chi connectivity index (χ3v) is 4.13. The Morgan fingerprint density at radius 1 is 1.44 bits per heavy atom. The number of aromatic nitrogens is 3. The minimum absolute atomic E-state index is 0.289. The molecule has 18 heavy (non-hydrogen) atoms. The Morgan fingerprint density at radius 2 is 2.28 bits per heavy atom. The zero-order valence-electron chi connectivity index (χ0n) is 9.89. The van der Waals surface area contributed by atoms with E-state index in [9.17, 15) is 0 Å². The van der Waals surface area contributed by atoms with Crippen molar-refractivity contribution in [2.75, 3.05) is 19.6 Å². The first-order valence-electron chi connectivity index (χ1n) is 6.04. The highest BCUT2D eigenvalue weighted by molar-refractivity contribution is 7.71. The van der Waals surface area contributed by atoms with Crippen LogP contribution in [-0.4, -0.2) is 39.7 Å². The number of likely N-dealkylation sites (tertiary alicyclic amines) is 1. The van der Waals surface area contributed by atoms with Crippen molar-refractivity contribution in [3.05, 3.63) is 15.2 Å². The lowest BCUT2D eigenvalue weighted by Gasteiger charge is -2.12. The predicted octanol–water partition coefficient (Wildman–Crippen LogP) is 2.49. The van der Waals surface area contributed by atoms with Gasteiger partial charge in [-0.1, -0.05) is 0 Å². The van der Waals surface area contributed by atoms with Crippen molar-refractivity contribution < 1.29 is 4.42 Å². The first-order chi connectivity index (χ1) is 8.81. The van der Waals surface area contributed by atoms with Crippen LogP contribution in [0.5, 0.6) is 0 Å². The molecule has 1 fully saturated rings. The van der Waals surface area contributed by atoms with Crippen molar-refractivity contribution in [2.24, 2.45) is 0 Å². The molecule has 0 atom stereocenters. The molecule has 0 radical (unpaired) electrons. The van der Waals surface area contributed by atoms with E-state index in [1.807, 2.05) is 5.38 Å². The molecule has 5 nitrogen and oxygen atoms in total. The van der Waals surface area contributed by atoms with Crippen molar-refractivity contribution in [3.63, 3.8) is 0 Å².